The van der Waals surface area contributed by atoms with E-state index in [4.69, 9.17) is 9.37 Å². The highest BCUT2D eigenvalue weighted by molar-refractivity contribution is 5.76. The number of ether oxygens (including phenoxy) is 1. The Bertz CT molecular complexity index is 588. The molecule has 0 aliphatic heterocycles. The molecule has 0 saturated heterocycles. The van der Waals surface area contributed by atoms with Gasteiger partial charge in [-0.1, -0.05) is 0 Å². The van der Waals surface area contributed by atoms with Crippen LogP contribution in [0.4, 0.5) is 0 Å². The molecule has 0 saturated carbocycles. The van der Waals surface area contributed by atoms with Crippen LogP contribution < -0.4 is 0 Å². The lowest BCUT2D eigenvalue weighted by atomic mass is 10.2. The van der Waals surface area contributed by atoms with Gasteiger partial charge in [0.15, 0.2) is 0 Å². The van der Waals surface area contributed by atoms with Gasteiger partial charge in [-0.15, -0.1) is 0 Å². The molecule has 4 heteroatoms. The number of fused-ring (bicyclic) bond motifs is 1. The number of aromatic nitrogens is 2. The molecule has 0 fully saturated rings. The van der Waals surface area contributed by atoms with Crippen molar-refractivity contribution in [1.82, 2.24) is 9.97 Å². The van der Waals surface area contributed by atoms with Gasteiger partial charge in [0.1, 0.15) is 17.4 Å². The van der Waals surface area contributed by atoms with Gasteiger partial charge in [0.25, 0.3) is 0 Å². The molecule has 0 aromatic carbocycles. The molecular weight excluding hydrogens is 178 g/mol. The van der Waals surface area contributed by atoms with Crippen LogP contribution in [-0.4, -0.2) is 17.1 Å². The summed E-state index contributed by atoms with van der Waals surface area (Å²) >= 11 is 0. The van der Waals surface area contributed by atoms with E-state index in [2.05, 4.69) is 14.7 Å². The number of hydrogen-bond acceptors (Lipinski definition) is 3. The summed E-state index contributed by atoms with van der Waals surface area (Å²) in [5, 5.41) is 9.64. The third-order valence-electron chi connectivity index (χ3n) is 1.82. The van der Waals surface area contributed by atoms with Crippen LogP contribution in [0.2, 0.25) is 0 Å². The van der Waals surface area contributed by atoms with Crippen LogP contribution in [0.3, 0.4) is 0 Å². The molecule has 0 unspecified atom stereocenters. The molecular formula is C10H9N3O. The van der Waals surface area contributed by atoms with Crippen molar-refractivity contribution in [1.29, 1.82) is 5.26 Å². The van der Waals surface area contributed by atoms with Gasteiger partial charge < -0.3 is 9.72 Å². The maximum absolute atomic E-state index is 8.95. The number of pyridine rings is 1. The van der Waals surface area contributed by atoms with Crippen LogP contribution in [0.5, 0.6) is 0 Å². The Morgan fingerprint density at radius 3 is 3.57 bits per heavy atom. The van der Waals surface area contributed by atoms with Gasteiger partial charge in [0.2, 0.25) is 0 Å². The molecule has 2 heterocycles. The van der Waals surface area contributed by atoms with Crippen LogP contribution >= 0.6 is 0 Å². The van der Waals surface area contributed by atoms with Crippen LogP contribution in [0.15, 0.2) is 18.3 Å². The molecule has 0 bridgehead atoms. The zero-order valence-corrected chi connectivity index (χ0v) is 7.24. The van der Waals surface area contributed by atoms with Gasteiger partial charge in [0, 0.05) is 24.2 Å². The fraction of sp³-hybridized carbons (Fsp3) is 0.200. The van der Waals surface area contributed by atoms with Crippen molar-refractivity contribution in [2.75, 3.05) is 7.09 Å². The second kappa shape index (κ2) is 3.48. The third kappa shape index (κ3) is 1.34. The summed E-state index contributed by atoms with van der Waals surface area (Å²) in [6.07, 6.45) is 1.66. The van der Waals surface area contributed by atoms with Gasteiger partial charge in [-0.25, -0.2) is 4.98 Å². The Balaban J connectivity index is 2.62. The average molecular weight is 190 g/mol. The average Bonchev–Trinajstić information content (AvgIpc) is 2.74. The summed E-state index contributed by atoms with van der Waals surface area (Å²) in [5.74, 6) is 0. The van der Waals surface area contributed by atoms with E-state index in [-0.39, 0.29) is 11.3 Å². The maximum atomic E-state index is 8.95. The van der Waals surface area contributed by atoms with E-state index in [0.717, 1.165) is 0 Å². The minimum Gasteiger partial charge on any atom is -0.380 e. The van der Waals surface area contributed by atoms with Crippen molar-refractivity contribution in [3.8, 4) is 6.07 Å². The number of H-pyrrole nitrogens is 1. The monoisotopic (exact) mass is 190 g/mol. The van der Waals surface area contributed by atoms with Crippen LogP contribution in [-0.2, 0) is 11.3 Å². The summed E-state index contributed by atoms with van der Waals surface area (Å²) in [7, 11) is -0.525. The molecule has 14 heavy (non-hydrogen) atoms. The van der Waals surface area contributed by atoms with Gasteiger partial charge in [-0.05, 0) is 12.1 Å². The lowest BCUT2D eigenvalue weighted by Crippen LogP contribution is -1.95. The fourth-order valence-corrected chi connectivity index (χ4v) is 1.22. The highest BCUT2D eigenvalue weighted by Crippen LogP contribution is 2.15. The van der Waals surface area contributed by atoms with Crippen molar-refractivity contribution >= 4 is 11.0 Å². The van der Waals surface area contributed by atoms with Crippen molar-refractivity contribution < 1.29 is 8.85 Å². The molecule has 0 radical (unpaired) electrons. The zero-order chi connectivity index (χ0) is 12.5. The normalized spacial score (nSPS) is 14.4. The Hall–Kier alpha value is -1.86. The number of nitrogens with zero attached hydrogens (tertiary/aromatic N) is 2. The summed E-state index contributed by atoms with van der Waals surface area (Å²) < 4.78 is 26.9. The van der Waals surface area contributed by atoms with E-state index in [1.54, 1.807) is 12.3 Å². The van der Waals surface area contributed by atoms with E-state index in [1.165, 1.54) is 6.07 Å². The highest BCUT2D eigenvalue weighted by atomic mass is 16.5. The van der Waals surface area contributed by atoms with Crippen molar-refractivity contribution in [3.05, 3.63) is 29.6 Å². The molecule has 2 aromatic rings. The summed E-state index contributed by atoms with van der Waals surface area (Å²) in [6.45, 7) is -2.19. The first-order valence-corrected chi connectivity index (χ1v) is 3.90. The largest absolute Gasteiger partial charge is 0.380 e. The molecule has 4 nitrogen and oxygen atoms in total. The third-order valence-corrected chi connectivity index (χ3v) is 1.82. The van der Waals surface area contributed by atoms with Crippen molar-refractivity contribution in [2.24, 2.45) is 0 Å². The summed E-state index contributed by atoms with van der Waals surface area (Å²) in [5.41, 5.74) is 0.518. The number of hydrogen-bond donors (Lipinski definition) is 1. The topological polar surface area (TPSA) is 61.7 Å². The SMILES string of the molecule is [2H]COC([2H])([2H])c1cc2cc[nH]c2nc1C#N. The molecule has 0 amide bonds. The Kier molecular flexibility index (Phi) is 1.44. The molecule has 2 rings (SSSR count). The number of aromatic amines is 1. The number of rotatable bonds is 2. The second-order valence-electron chi connectivity index (χ2n) is 2.66. The minimum atomic E-state index is -2.19. The van der Waals surface area contributed by atoms with E-state index in [1.807, 2.05) is 6.07 Å². The second-order valence-corrected chi connectivity index (χ2v) is 2.66. The molecule has 1 N–H and O–H groups in total. The number of methoxy groups -OCH3 is 1. The molecule has 0 spiro atoms. The first-order valence-electron chi connectivity index (χ1n) is 5.61. The lowest BCUT2D eigenvalue weighted by molar-refractivity contribution is 0.184. The van der Waals surface area contributed by atoms with Crippen LogP contribution in [0.25, 0.3) is 11.0 Å². The number of nitrogens with one attached hydrogen (secondary N) is 1. The Morgan fingerprint density at radius 2 is 2.79 bits per heavy atom. The van der Waals surface area contributed by atoms with E-state index >= 15 is 0 Å². The predicted molar refractivity (Wildman–Crippen MR) is 51.5 cm³/mol. The van der Waals surface area contributed by atoms with Gasteiger partial charge in [-0.2, -0.15) is 5.26 Å². The Labute approximate surface area is 85.4 Å². The smallest absolute Gasteiger partial charge is 0.148 e. The van der Waals surface area contributed by atoms with Gasteiger partial charge in [0.05, 0.1) is 10.7 Å². The highest BCUT2D eigenvalue weighted by Gasteiger charge is 2.06. The van der Waals surface area contributed by atoms with E-state index in [0.29, 0.717) is 11.0 Å². The first-order chi connectivity index (χ1) is 8.08. The minimum absolute atomic E-state index is 0.0411. The molecule has 0 atom stereocenters. The maximum Gasteiger partial charge on any atom is 0.148 e. The van der Waals surface area contributed by atoms with Gasteiger partial charge in [-0.3, -0.25) is 0 Å². The van der Waals surface area contributed by atoms with E-state index in [9.17, 15) is 0 Å². The fourth-order valence-electron chi connectivity index (χ4n) is 1.22. The van der Waals surface area contributed by atoms with Crippen molar-refractivity contribution in [3.63, 3.8) is 0 Å². The molecule has 0 aliphatic carbocycles. The molecule has 0 aliphatic rings. The standard InChI is InChI=1S/C10H9N3O/c1-14-6-8-4-7-2-3-12-10(7)13-9(8)5-11/h2-4H,6H2,1H3,(H,12,13)/i1D,6D2. The molecule has 2 aromatic heterocycles. The lowest BCUT2D eigenvalue weighted by Gasteiger charge is -2.01. The Morgan fingerprint density at radius 1 is 1.86 bits per heavy atom. The van der Waals surface area contributed by atoms with Crippen LogP contribution in [0, 0.1) is 11.3 Å². The summed E-state index contributed by atoms with van der Waals surface area (Å²) in [6, 6.07) is 5.06. The zero-order valence-electron chi connectivity index (χ0n) is 10.2. The first kappa shape index (κ1) is 5.78. The summed E-state index contributed by atoms with van der Waals surface area (Å²) in [4.78, 5) is 6.85. The quantitative estimate of drug-likeness (QED) is 0.782. The van der Waals surface area contributed by atoms with Crippen LogP contribution in [0.1, 0.15) is 15.4 Å². The van der Waals surface area contributed by atoms with Crippen molar-refractivity contribution in [2.45, 2.75) is 6.56 Å². The van der Waals surface area contributed by atoms with Gasteiger partial charge >= 0.3 is 0 Å². The predicted octanol–water partition coefficient (Wildman–Crippen LogP) is 1.58. The van der Waals surface area contributed by atoms with E-state index < -0.39 is 13.6 Å². The number of nitriles is 1. The molecule has 70 valence electrons.